The van der Waals surface area contributed by atoms with Gasteiger partial charge < -0.3 is 4.74 Å². The highest BCUT2D eigenvalue weighted by atomic mass is 32.2. The maximum absolute atomic E-state index is 13.3. The van der Waals surface area contributed by atoms with Gasteiger partial charge >= 0.3 is 0 Å². The van der Waals surface area contributed by atoms with Gasteiger partial charge in [0.15, 0.2) is 0 Å². The summed E-state index contributed by atoms with van der Waals surface area (Å²) in [6.45, 7) is 2.47. The largest absolute Gasteiger partial charge is 0.492 e. The number of sulfonamides is 1. The predicted molar refractivity (Wildman–Crippen MR) is 90.7 cm³/mol. The molecule has 1 heterocycles. The van der Waals surface area contributed by atoms with Crippen LogP contribution in [-0.2, 0) is 14.8 Å². The summed E-state index contributed by atoms with van der Waals surface area (Å²) in [5.74, 6) is -0.415. The van der Waals surface area contributed by atoms with Crippen LogP contribution in [0.2, 0.25) is 0 Å². The van der Waals surface area contributed by atoms with Gasteiger partial charge in [0.05, 0.1) is 6.61 Å². The molecular weight excluding hydrogens is 344 g/mol. The first-order valence-electron chi connectivity index (χ1n) is 8.70. The van der Waals surface area contributed by atoms with E-state index in [1.54, 1.807) is 23.7 Å². The highest BCUT2D eigenvalue weighted by Gasteiger charge is 2.54. The Morgan fingerprint density at radius 3 is 2.84 bits per heavy atom. The molecule has 1 saturated heterocycles. The van der Waals surface area contributed by atoms with Crippen molar-refractivity contribution >= 4 is 15.9 Å². The second kappa shape index (κ2) is 7.31. The quantitative estimate of drug-likeness (QED) is 0.435. The van der Waals surface area contributed by atoms with Crippen LogP contribution >= 0.6 is 0 Å². The highest BCUT2D eigenvalue weighted by Crippen LogP contribution is 2.46. The van der Waals surface area contributed by atoms with Crippen LogP contribution in [-0.4, -0.2) is 42.5 Å². The summed E-state index contributed by atoms with van der Waals surface area (Å²) in [6, 6.07) is 5.45. The third-order valence-electron chi connectivity index (χ3n) is 5.06. The smallest absolute Gasteiger partial charge is 0.262 e. The number of ether oxygens (including phenoxy) is 1. The fourth-order valence-electron chi connectivity index (χ4n) is 3.91. The van der Waals surface area contributed by atoms with E-state index in [2.05, 4.69) is 0 Å². The van der Waals surface area contributed by atoms with E-state index < -0.39 is 22.0 Å². The summed E-state index contributed by atoms with van der Waals surface area (Å²) in [5, 5.41) is 9.03. The Balaban J connectivity index is 1.95. The van der Waals surface area contributed by atoms with Crippen molar-refractivity contribution in [3.8, 4) is 5.75 Å². The standard InChI is InChI=1S/C17H24N2O5S/c1-2-3-10-24-14-6-4-5-7-15(14)25(22,23)19-13-9-8-12(11-13)16(19)17(20)18-21/h4-7,12-13,16,21H,2-3,8-11H2,1H3,(H,18,20)/t12-,13+,16-/m1/s1. The van der Waals surface area contributed by atoms with Crippen LogP contribution in [0.1, 0.15) is 39.0 Å². The van der Waals surface area contributed by atoms with Crippen molar-refractivity contribution in [2.75, 3.05) is 6.61 Å². The van der Waals surface area contributed by atoms with Gasteiger partial charge in [-0.1, -0.05) is 25.5 Å². The number of carbonyl (C=O) groups excluding carboxylic acids is 1. The maximum Gasteiger partial charge on any atom is 0.262 e. The number of benzene rings is 1. The van der Waals surface area contributed by atoms with Gasteiger partial charge in [-0.05, 0) is 43.7 Å². The molecule has 3 rings (SSSR count). The molecule has 2 N–H and O–H groups in total. The van der Waals surface area contributed by atoms with Crippen LogP contribution in [0.3, 0.4) is 0 Å². The Bertz CT molecular complexity index is 736. The van der Waals surface area contributed by atoms with Gasteiger partial charge in [0, 0.05) is 6.04 Å². The van der Waals surface area contributed by atoms with E-state index in [-0.39, 0.29) is 16.9 Å². The van der Waals surface area contributed by atoms with Gasteiger partial charge in [-0.2, -0.15) is 4.31 Å². The van der Waals surface area contributed by atoms with Gasteiger partial charge in [0.2, 0.25) is 10.0 Å². The zero-order chi connectivity index (χ0) is 18.0. The molecule has 0 spiro atoms. The number of rotatable bonds is 7. The molecule has 1 aromatic carbocycles. The Morgan fingerprint density at radius 2 is 2.12 bits per heavy atom. The van der Waals surface area contributed by atoms with Crippen LogP contribution in [0.5, 0.6) is 5.75 Å². The normalized spacial score (nSPS) is 25.9. The first-order chi connectivity index (χ1) is 12.0. The molecule has 8 heteroatoms. The summed E-state index contributed by atoms with van der Waals surface area (Å²) in [4.78, 5) is 12.2. The van der Waals surface area contributed by atoms with Gasteiger partial charge in [-0.25, -0.2) is 13.9 Å². The molecule has 0 radical (unpaired) electrons. The van der Waals surface area contributed by atoms with Crippen LogP contribution in [0.15, 0.2) is 29.2 Å². The van der Waals surface area contributed by atoms with Gasteiger partial charge in [-0.15, -0.1) is 0 Å². The van der Waals surface area contributed by atoms with E-state index >= 15 is 0 Å². The van der Waals surface area contributed by atoms with Crippen molar-refractivity contribution in [2.24, 2.45) is 5.92 Å². The van der Waals surface area contributed by atoms with Gasteiger partial charge in [-0.3, -0.25) is 10.0 Å². The fourth-order valence-corrected chi connectivity index (χ4v) is 5.92. The van der Waals surface area contributed by atoms with Crippen molar-refractivity contribution in [2.45, 2.75) is 56.0 Å². The third kappa shape index (κ3) is 3.26. The number of para-hydroxylation sites is 1. The van der Waals surface area contributed by atoms with Crippen LogP contribution < -0.4 is 10.2 Å². The Kier molecular flexibility index (Phi) is 5.31. The average molecular weight is 368 g/mol. The minimum Gasteiger partial charge on any atom is -0.492 e. The minimum absolute atomic E-state index is 0.0555. The lowest BCUT2D eigenvalue weighted by Gasteiger charge is -2.33. The molecule has 25 heavy (non-hydrogen) atoms. The van der Waals surface area contributed by atoms with E-state index in [0.29, 0.717) is 18.8 Å². The fraction of sp³-hybridized carbons (Fsp3) is 0.588. The van der Waals surface area contributed by atoms with Crippen molar-refractivity contribution < 1.29 is 23.2 Å². The molecule has 1 aliphatic carbocycles. The number of piperidine rings is 1. The monoisotopic (exact) mass is 368 g/mol. The number of amides is 1. The molecule has 1 saturated carbocycles. The topological polar surface area (TPSA) is 95.9 Å². The molecule has 2 bridgehead atoms. The number of carbonyl (C=O) groups is 1. The summed E-state index contributed by atoms with van der Waals surface area (Å²) in [5.41, 5.74) is 1.63. The highest BCUT2D eigenvalue weighted by molar-refractivity contribution is 7.89. The van der Waals surface area contributed by atoms with Gasteiger partial charge in [0.1, 0.15) is 16.7 Å². The number of nitrogens with zero attached hydrogens (tertiary/aromatic N) is 1. The minimum atomic E-state index is -3.91. The summed E-state index contributed by atoms with van der Waals surface area (Å²) in [7, 11) is -3.91. The first-order valence-corrected chi connectivity index (χ1v) is 10.1. The number of unbranched alkanes of at least 4 members (excludes halogenated alkanes) is 1. The molecule has 138 valence electrons. The van der Waals surface area contributed by atoms with Crippen LogP contribution in [0.4, 0.5) is 0 Å². The lowest BCUT2D eigenvalue weighted by Crippen LogP contribution is -2.52. The molecule has 3 atom stereocenters. The number of fused-ring (bicyclic) bond motifs is 2. The molecule has 7 nitrogen and oxygen atoms in total. The molecule has 1 aromatic rings. The number of hydroxylamine groups is 1. The maximum atomic E-state index is 13.3. The van der Waals surface area contributed by atoms with E-state index in [1.807, 2.05) is 6.92 Å². The van der Waals surface area contributed by atoms with E-state index in [1.165, 1.54) is 10.4 Å². The summed E-state index contributed by atoms with van der Waals surface area (Å²) >= 11 is 0. The molecule has 2 aliphatic rings. The van der Waals surface area contributed by atoms with Crippen LogP contribution in [0.25, 0.3) is 0 Å². The number of hydrogen-bond acceptors (Lipinski definition) is 5. The zero-order valence-corrected chi connectivity index (χ0v) is 15.0. The predicted octanol–water partition coefficient (Wildman–Crippen LogP) is 1.91. The Morgan fingerprint density at radius 1 is 1.36 bits per heavy atom. The van der Waals surface area contributed by atoms with Gasteiger partial charge in [0.25, 0.3) is 5.91 Å². The second-order valence-electron chi connectivity index (χ2n) is 6.63. The molecule has 0 unspecified atom stereocenters. The summed E-state index contributed by atoms with van der Waals surface area (Å²) < 4.78 is 33.5. The Hall–Kier alpha value is -1.64. The lowest BCUT2D eigenvalue weighted by atomic mass is 10.00. The molecule has 1 amide bonds. The van der Waals surface area contributed by atoms with E-state index in [0.717, 1.165) is 25.7 Å². The third-order valence-corrected chi connectivity index (χ3v) is 7.04. The molecular formula is C17H24N2O5S. The van der Waals surface area contributed by atoms with Crippen molar-refractivity contribution in [1.29, 1.82) is 0 Å². The van der Waals surface area contributed by atoms with E-state index in [9.17, 15) is 13.2 Å². The van der Waals surface area contributed by atoms with Crippen molar-refractivity contribution in [1.82, 2.24) is 9.79 Å². The van der Waals surface area contributed by atoms with Crippen LogP contribution in [0, 0.1) is 5.92 Å². The zero-order valence-electron chi connectivity index (χ0n) is 14.2. The molecule has 0 aromatic heterocycles. The first kappa shape index (κ1) is 18.2. The SMILES string of the molecule is CCCCOc1ccccc1S(=O)(=O)N1[C@H]2CC[C@H](C2)[C@@H]1C(=O)NO. The molecule has 2 fully saturated rings. The van der Waals surface area contributed by atoms with E-state index in [4.69, 9.17) is 9.94 Å². The Labute approximate surface area is 148 Å². The van der Waals surface area contributed by atoms with Crippen molar-refractivity contribution in [3.63, 3.8) is 0 Å². The number of nitrogens with one attached hydrogen (secondary N) is 1. The lowest BCUT2D eigenvalue weighted by molar-refractivity contribution is -0.134. The summed E-state index contributed by atoms with van der Waals surface area (Å²) in [6.07, 6.45) is 3.96. The van der Waals surface area contributed by atoms with Crippen molar-refractivity contribution in [3.05, 3.63) is 24.3 Å². The number of hydrogen-bond donors (Lipinski definition) is 2. The average Bonchev–Trinajstić information content (AvgIpc) is 3.23. The second-order valence-corrected chi connectivity index (χ2v) is 8.44. The molecule has 1 aliphatic heterocycles.